The zero-order valence-electron chi connectivity index (χ0n) is 19.6. The summed E-state index contributed by atoms with van der Waals surface area (Å²) < 4.78 is 10.8. The third-order valence-corrected chi connectivity index (χ3v) is 4.54. The predicted molar refractivity (Wildman–Crippen MR) is 128 cm³/mol. The summed E-state index contributed by atoms with van der Waals surface area (Å²) in [6.07, 6.45) is 7.75. The normalized spacial score (nSPS) is 16.5. The van der Waals surface area contributed by atoms with Crippen LogP contribution in [0.25, 0.3) is 0 Å². The van der Waals surface area contributed by atoms with Gasteiger partial charge in [-0.3, -0.25) is 4.79 Å². The third kappa shape index (κ3) is 10.2. The first-order valence-electron chi connectivity index (χ1n) is 10.6. The van der Waals surface area contributed by atoms with Crippen LogP contribution in [0.5, 0.6) is 5.75 Å². The highest BCUT2D eigenvalue weighted by Gasteiger charge is 2.22. The van der Waals surface area contributed by atoms with Crippen LogP contribution in [-0.2, 0) is 9.53 Å². The molecule has 1 aromatic rings. The second kappa shape index (κ2) is 16.1. The molecule has 0 spiro atoms. The number of esters is 1. The maximum Gasteiger partial charge on any atom is 0.307 e. The van der Waals surface area contributed by atoms with Crippen molar-refractivity contribution in [1.29, 1.82) is 0 Å². The van der Waals surface area contributed by atoms with Crippen LogP contribution < -0.4 is 4.74 Å². The number of hydrogen-bond donors (Lipinski definition) is 0. The van der Waals surface area contributed by atoms with Gasteiger partial charge in [0.1, 0.15) is 11.9 Å². The monoisotopic (exact) mass is 410 g/mol. The van der Waals surface area contributed by atoms with Crippen molar-refractivity contribution < 1.29 is 14.3 Å². The Morgan fingerprint density at radius 2 is 1.90 bits per heavy atom. The van der Waals surface area contributed by atoms with Gasteiger partial charge >= 0.3 is 5.97 Å². The van der Waals surface area contributed by atoms with E-state index in [-0.39, 0.29) is 24.4 Å². The van der Waals surface area contributed by atoms with Crippen molar-refractivity contribution >= 4 is 5.97 Å². The lowest BCUT2D eigenvalue weighted by atomic mass is 9.96. The minimum Gasteiger partial charge on any atom is -0.486 e. The summed E-state index contributed by atoms with van der Waals surface area (Å²) in [6, 6.07) is 7.89. The van der Waals surface area contributed by atoms with Gasteiger partial charge in [-0.2, -0.15) is 0 Å². The van der Waals surface area contributed by atoms with Crippen molar-refractivity contribution in [3.63, 3.8) is 0 Å². The van der Waals surface area contributed by atoms with Gasteiger partial charge in [0.2, 0.25) is 0 Å². The van der Waals surface area contributed by atoms with Gasteiger partial charge in [-0.25, -0.2) is 0 Å². The average Bonchev–Trinajstić information content (AvgIpc) is 3.22. The Morgan fingerprint density at radius 3 is 2.37 bits per heavy atom. The third-order valence-electron chi connectivity index (χ3n) is 4.54. The van der Waals surface area contributed by atoms with E-state index in [1.54, 1.807) is 13.0 Å². The first-order valence-corrected chi connectivity index (χ1v) is 10.6. The van der Waals surface area contributed by atoms with Crippen LogP contribution in [-0.4, -0.2) is 19.2 Å². The van der Waals surface area contributed by atoms with Crippen molar-refractivity contribution in [2.24, 2.45) is 0 Å². The molecule has 2 unspecified atom stereocenters. The molecular weight excluding hydrogens is 372 g/mol. The number of rotatable bonds is 6. The largest absolute Gasteiger partial charge is 0.486 e. The van der Waals surface area contributed by atoms with Crippen LogP contribution in [0.4, 0.5) is 0 Å². The highest BCUT2D eigenvalue weighted by Crippen LogP contribution is 2.30. The fourth-order valence-electron chi connectivity index (χ4n) is 2.92. The molecule has 164 valence electrons. The molecule has 1 fully saturated rings. The molecule has 0 aliphatic heterocycles. The molecule has 0 heterocycles. The van der Waals surface area contributed by atoms with Gasteiger partial charge in [-0.05, 0) is 63.3 Å². The Balaban J connectivity index is 0.00000105. The molecule has 2 atom stereocenters. The number of allylic oxidation sites excluding steroid dienone is 3. The topological polar surface area (TPSA) is 35.5 Å². The average molecular weight is 411 g/mol. The van der Waals surface area contributed by atoms with Crippen LogP contribution in [0, 0.1) is 11.8 Å². The molecule has 3 heteroatoms. The molecule has 1 saturated carbocycles. The smallest absolute Gasteiger partial charge is 0.307 e. The molecule has 0 amide bonds. The fourth-order valence-corrected chi connectivity index (χ4v) is 2.92. The molecule has 1 aliphatic rings. The van der Waals surface area contributed by atoms with E-state index in [0.29, 0.717) is 0 Å². The number of carbonyl (C=O) groups excluding carboxylic acids is 1. The molecule has 30 heavy (non-hydrogen) atoms. The van der Waals surface area contributed by atoms with Gasteiger partial charge in [-0.15, -0.1) is 5.92 Å². The summed E-state index contributed by atoms with van der Waals surface area (Å²) in [7, 11) is 1.40. The first kappa shape index (κ1) is 27.3. The summed E-state index contributed by atoms with van der Waals surface area (Å²) in [5.41, 5.74) is 3.41. The lowest BCUT2D eigenvalue weighted by molar-refractivity contribution is -0.140. The van der Waals surface area contributed by atoms with Gasteiger partial charge in [0.05, 0.1) is 19.4 Å². The second-order valence-corrected chi connectivity index (χ2v) is 6.71. The Kier molecular flexibility index (Phi) is 14.6. The van der Waals surface area contributed by atoms with Crippen molar-refractivity contribution in [1.82, 2.24) is 0 Å². The van der Waals surface area contributed by atoms with E-state index in [1.807, 2.05) is 45.0 Å². The number of methoxy groups -OCH3 is 1. The van der Waals surface area contributed by atoms with E-state index >= 15 is 0 Å². The van der Waals surface area contributed by atoms with E-state index in [4.69, 9.17) is 9.47 Å². The second-order valence-electron chi connectivity index (χ2n) is 6.71. The standard InChI is InChI=1S/C20H24O3.C5H8.C2H6/c1-4-7-17(14-20(21)22-3)16-10-12-18(13-11-16)23-19-9-6-8-15(19)5-2;1-4-5(2)3;1-2/h5,10-13,17,19H,6,8-9,14H2,1-3H3;4H,1-2H2,3H3;1-2H3/b15-5+;;. The lowest BCUT2D eigenvalue weighted by Gasteiger charge is -2.16. The quantitative estimate of drug-likeness (QED) is 0.219. The zero-order chi connectivity index (χ0) is 22.9. The molecule has 0 N–H and O–H groups in total. The number of hydrogen-bond acceptors (Lipinski definition) is 3. The summed E-state index contributed by atoms with van der Waals surface area (Å²) in [5, 5.41) is 0. The van der Waals surface area contributed by atoms with Crippen LogP contribution in [0.2, 0.25) is 0 Å². The molecular formula is C27H38O3. The van der Waals surface area contributed by atoms with Crippen LogP contribution in [0.15, 0.2) is 60.7 Å². The minimum absolute atomic E-state index is 0.140. The van der Waals surface area contributed by atoms with Gasteiger partial charge < -0.3 is 9.47 Å². The molecule has 1 aliphatic carbocycles. The summed E-state index contributed by atoms with van der Waals surface area (Å²) in [6.45, 7) is 16.8. The Bertz CT molecular complexity index is 745. The van der Waals surface area contributed by atoms with Crippen LogP contribution >= 0.6 is 0 Å². The number of ether oxygens (including phenoxy) is 2. The first-order chi connectivity index (χ1) is 14.4. The molecule has 0 radical (unpaired) electrons. The van der Waals surface area contributed by atoms with Gasteiger partial charge in [-0.1, -0.05) is 62.8 Å². The van der Waals surface area contributed by atoms with Crippen molar-refractivity contribution in [3.8, 4) is 17.6 Å². The van der Waals surface area contributed by atoms with Crippen molar-refractivity contribution in [2.75, 3.05) is 7.11 Å². The number of carbonyl (C=O) groups is 1. The van der Waals surface area contributed by atoms with Crippen molar-refractivity contribution in [2.45, 2.75) is 72.3 Å². The van der Waals surface area contributed by atoms with E-state index in [9.17, 15) is 4.79 Å². The molecule has 0 bridgehead atoms. The molecule has 3 nitrogen and oxygen atoms in total. The molecule has 0 saturated heterocycles. The maximum atomic E-state index is 11.5. The summed E-state index contributed by atoms with van der Waals surface area (Å²) in [5.74, 6) is 6.43. The zero-order valence-corrected chi connectivity index (χ0v) is 19.6. The van der Waals surface area contributed by atoms with Gasteiger partial charge in [0.15, 0.2) is 0 Å². The Hall–Kier alpha value is -2.73. The van der Waals surface area contributed by atoms with Gasteiger partial charge in [0.25, 0.3) is 0 Å². The number of benzene rings is 1. The summed E-state index contributed by atoms with van der Waals surface area (Å²) in [4.78, 5) is 11.5. The van der Waals surface area contributed by atoms with E-state index in [1.165, 1.54) is 19.1 Å². The highest BCUT2D eigenvalue weighted by atomic mass is 16.5. The maximum absolute atomic E-state index is 11.5. The van der Waals surface area contributed by atoms with E-state index in [2.05, 4.69) is 38.0 Å². The van der Waals surface area contributed by atoms with Crippen LogP contribution in [0.1, 0.15) is 71.8 Å². The SMILES string of the molecule is C=CC(=C)C.CC.CC#CC(CC(=O)OC)c1ccc(OC2CCC/C2=C\C)cc1. The molecule has 2 rings (SSSR count). The van der Waals surface area contributed by atoms with Crippen molar-refractivity contribution in [3.05, 3.63) is 66.3 Å². The molecule has 0 aromatic heterocycles. The van der Waals surface area contributed by atoms with Crippen LogP contribution in [0.3, 0.4) is 0 Å². The van der Waals surface area contributed by atoms with Gasteiger partial charge in [0, 0.05) is 0 Å². The Labute approximate surface area is 183 Å². The Morgan fingerprint density at radius 1 is 1.30 bits per heavy atom. The lowest BCUT2D eigenvalue weighted by Crippen LogP contribution is -2.13. The fraction of sp³-hybridized carbons (Fsp3) is 0.444. The van der Waals surface area contributed by atoms with E-state index < -0.39 is 0 Å². The highest BCUT2D eigenvalue weighted by molar-refractivity contribution is 5.71. The summed E-state index contributed by atoms with van der Waals surface area (Å²) >= 11 is 0. The minimum atomic E-state index is -0.248. The van der Waals surface area contributed by atoms with E-state index in [0.717, 1.165) is 29.7 Å². The predicted octanol–water partition coefficient (Wildman–Crippen LogP) is 7.01. The molecule has 1 aromatic carbocycles.